The summed E-state index contributed by atoms with van der Waals surface area (Å²) in [5.41, 5.74) is 2.04. The molecule has 30 heavy (non-hydrogen) atoms. The number of benzene rings is 3. The molecule has 0 aliphatic rings. The van der Waals surface area contributed by atoms with E-state index in [4.69, 9.17) is 9.15 Å². The van der Waals surface area contributed by atoms with Crippen molar-refractivity contribution in [2.24, 2.45) is 0 Å². The molecule has 0 unspecified atom stereocenters. The van der Waals surface area contributed by atoms with Gasteiger partial charge in [-0.15, -0.1) is 0 Å². The third-order valence-electron chi connectivity index (χ3n) is 4.85. The largest absolute Gasteiger partial charge is 0.497 e. The summed E-state index contributed by atoms with van der Waals surface area (Å²) >= 11 is 0. The number of amides is 1. The minimum absolute atomic E-state index is 0.0459. The Morgan fingerprint density at radius 2 is 1.80 bits per heavy atom. The number of fused-ring (bicyclic) bond motifs is 1. The Kier molecular flexibility index (Phi) is 5.06. The first kappa shape index (κ1) is 19.4. The summed E-state index contributed by atoms with van der Waals surface area (Å²) in [5.74, 6) is -0.619. The summed E-state index contributed by atoms with van der Waals surface area (Å²) in [6, 6.07) is 17.6. The molecule has 0 saturated heterocycles. The predicted molar refractivity (Wildman–Crippen MR) is 112 cm³/mol. The van der Waals surface area contributed by atoms with Gasteiger partial charge in [0.05, 0.1) is 12.7 Å². The van der Waals surface area contributed by atoms with E-state index < -0.39 is 11.7 Å². The lowest BCUT2D eigenvalue weighted by Gasteiger charge is -2.06. The van der Waals surface area contributed by atoms with E-state index in [2.05, 4.69) is 5.32 Å². The van der Waals surface area contributed by atoms with Crippen LogP contribution in [0.5, 0.6) is 5.75 Å². The van der Waals surface area contributed by atoms with Crippen molar-refractivity contribution < 1.29 is 23.1 Å². The molecule has 4 aromatic rings. The predicted octanol–water partition coefficient (Wildman–Crippen LogP) is 5.37. The summed E-state index contributed by atoms with van der Waals surface area (Å²) in [5, 5.41) is 3.37. The monoisotopic (exact) mass is 403 g/mol. The summed E-state index contributed by atoms with van der Waals surface area (Å²) in [6.45, 7) is 1.78. The van der Waals surface area contributed by atoms with Crippen LogP contribution in [0.2, 0.25) is 0 Å². The van der Waals surface area contributed by atoms with Crippen molar-refractivity contribution in [1.29, 1.82) is 0 Å². The molecule has 0 radical (unpaired) electrons. The molecule has 0 spiro atoms. The zero-order valence-corrected chi connectivity index (χ0v) is 16.4. The summed E-state index contributed by atoms with van der Waals surface area (Å²) in [7, 11) is 1.53. The number of carbonyl (C=O) groups excluding carboxylic acids is 2. The highest BCUT2D eigenvalue weighted by Gasteiger charge is 2.20. The molecule has 5 nitrogen and oxygen atoms in total. The molecule has 6 heteroatoms. The molecule has 4 rings (SSSR count). The number of methoxy groups -OCH3 is 1. The maximum absolute atomic E-state index is 13.8. The van der Waals surface area contributed by atoms with E-state index >= 15 is 0 Å². The van der Waals surface area contributed by atoms with Crippen molar-refractivity contribution in [3.8, 4) is 5.75 Å². The minimum Gasteiger partial charge on any atom is -0.497 e. The van der Waals surface area contributed by atoms with Gasteiger partial charge in [-0.1, -0.05) is 24.3 Å². The number of halogens is 1. The van der Waals surface area contributed by atoms with Crippen LogP contribution in [0.25, 0.3) is 11.0 Å². The smallest absolute Gasteiger partial charge is 0.258 e. The van der Waals surface area contributed by atoms with Gasteiger partial charge in [-0.3, -0.25) is 9.59 Å². The van der Waals surface area contributed by atoms with E-state index in [1.165, 1.54) is 25.3 Å². The molecule has 0 bridgehead atoms. The maximum Gasteiger partial charge on any atom is 0.258 e. The molecule has 1 N–H and O–H groups in total. The topological polar surface area (TPSA) is 68.5 Å². The van der Waals surface area contributed by atoms with Crippen LogP contribution in [0.1, 0.15) is 32.0 Å². The normalized spacial score (nSPS) is 10.8. The fraction of sp³-hybridized carbons (Fsp3) is 0.0833. The standard InChI is InChI=1S/C24H18FNO4/c1-14-19-13-16(26-24(28)18-8-3-4-9-20(18)25)10-11-21(19)30-23(14)22(27)15-6-5-7-17(12-15)29-2/h3-13H,1-2H3,(H,26,28). The number of aryl methyl sites for hydroxylation is 1. The Labute approximate surface area is 172 Å². The number of rotatable bonds is 5. The zero-order chi connectivity index (χ0) is 21.3. The highest BCUT2D eigenvalue weighted by molar-refractivity contribution is 6.11. The number of carbonyl (C=O) groups is 2. The van der Waals surface area contributed by atoms with Crippen LogP contribution in [-0.4, -0.2) is 18.8 Å². The number of anilines is 1. The van der Waals surface area contributed by atoms with Crippen molar-refractivity contribution in [1.82, 2.24) is 0 Å². The second-order valence-corrected chi connectivity index (χ2v) is 6.76. The average molecular weight is 403 g/mol. The summed E-state index contributed by atoms with van der Waals surface area (Å²) in [4.78, 5) is 25.3. The number of ether oxygens (including phenoxy) is 1. The van der Waals surface area contributed by atoms with Crippen LogP contribution in [0.4, 0.5) is 10.1 Å². The first-order valence-corrected chi connectivity index (χ1v) is 9.25. The van der Waals surface area contributed by atoms with Gasteiger partial charge in [-0.05, 0) is 49.4 Å². The van der Waals surface area contributed by atoms with Crippen LogP contribution in [0.15, 0.2) is 71.1 Å². The Bertz CT molecular complexity index is 1280. The van der Waals surface area contributed by atoms with E-state index in [0.717, 1.165) is 0 Å². The molecular formula is C24H18FNO4. The van der Waals surface area contributed by atoms with Gasteiger partial charge in [0, 0.05) is 22.2 Å². The van der Waals surface area contributed by atoms with Crippen molar-refractivity contribution in [3.63, 3.8) is 0 Å². The van der Waals surface area contributed by atoms with Crippen LogP contribution in [-0.2, 0) is 0 Å². The lowest BCUT2D eigenvalue weighted by atomic mass is 10.0. The van der Waals surface area contributed by atoms with Crippen LogP contribution in [0.3, 0.4) is 0 Å². The first-order valence-electron chi connectivity index (χ1n) is 9.25. The van der Waals surface area contributed by atoms with Crippen molar-refractivity contribution in [2.45, 2.75) is 6.92 Å². The molecule has 150 valence electrons. The number of nitrogens with one attached hydrogen (secondary N) is 1. The van der Waals surface area contributed by atoms with Gasteiger partial charge in [0.2, 0.25) is 5.78 Å². The lowest BCUT2D eigenvalue weighted by molar-refractivity contribution is 0.101. The fourth-order valence-corrected chi connectivity index (χ4v) is 3.25. The molecular weight excluding hydrogens is 385 g/mol. The summed E-state index contributed by atoms with van der Waals surface area (Å²) in [6.07, 6.45) is 0. The minimum atomic E-state index is -0.596. The van der Waals surface area contributed by atoms with Gasteiger partial charge >= 0.3 is 0 Å². The Morgan fingerprint density at radius 3 is 2.57 bits per heavy atom. The van der Waals surface area contributed by atoms with Crippen molar-refractivity contribution in [2.75, 3.05) is 12.4 Å². The molecule has 0 aliphatic carbocycles. The van der Waals surface area contributed by atoms with E-state index in [1.54, 1.807) is 55.5 Å². The van der Waals surface area contributed by atoms with Crippen molar-refractivity contribution in [3.05, 3.63) is 95.0 Å². The Balaban J connectivity index is 1.66. The Morgan fingerprint density at radius 1 is 1.00 bits per heavy atom. The van der Waals surface area contributed by atoms with Gasteiger partial charge in [-0.25, -0.2) is 4.39 Å². The maximum atomic E-state index is 13.8. The van der Waals surface area contributed by atoms with Crippen LogP contribution >= 0.6 is 0 Å². The van der Waals surface area contributed by atoms with E-state index in [9.17, 15) is 14.0 Å². The van der Waals surface area contributed by atoms with Gasteiger partial charge in [0.25, 0.3) is 5.91 Å². The second kappa shape index (κ2) is 7.83. The van der Waals surface area contributed by atoms with E-state index in [-0.39, 0.29) is 17.1 Å². The third kappa shape index (κ3) is 3.55. The molecule has 0 atom stereocenters. The van der Waals surface area contributed by atoms with Gasteiger partial charge in [-0.2, -0.15) is 0 Å². The quantitative estimate of drug-likeness (QED) is 0.455. The summed E-state index contributed by atoms with van der Waals surface area (Å²) < 4.78 is 24.8. The molecule has 0 fully saturated rings. The number of hydrogen-bond acceptors (Lipinski definition) is 4. The van der Waals surface area contributed by atoms with Gasteiger partial charge in [0.15, 0.2) is 5.76 Å². The Hall–Kier alpha value is -3.93. The van der Waals surface area contributed by atoms with Gasteiger partial charge < -0.3 is 14.5 Å². The average Bonchev–Trinajstić information content (AvgIpc) is 3.09. The molecule has 1 amide bonds. The van der Waals surface area contributed by atoms with Crippen molar-refractivity contribution >= 4 is 28.3 Å². The fourth-order valence-electron chi connectivity index (χ4n) is 3.25. The number of ketones is 1. The molecule has 1 aromatic heterocycles. The number of hydrogen-bond donors (Lipinski definition) is 1. The number of furan rings is 1. The second-order valence-electron chi connectivity index (χ2n) is 6.76. The third-order valence-corrected chi connectivity index (χ3v) is 4.85. The SMILES string of the molecule is COc1cccc(C(=O)c2oc3ccc(NC(=O)c4ccccc4F)cc3c2C)c1. The first-order chi connectivity index (χ1) is 14.5. The molecule has 0 saturated carbocycles. The molecule has 3 aromatic carbocycles. The zero-order valence-electron chi connectivity index (χ0n) is 16.4. The highest BCUT2D eigenvalue weighted by atomic mass is 19.1. The van der Waals surface area contributed by atoms with Crippen LogP contribution in [0, 0.1) is 12.7 Å². The molecule has 0 aliphatic heterocycles. The van der Waals surface area contributed by atoms with Crippen LogP contribution < -0.4 is 10.1 Å². The van der Waals surface area contributed by atoms with E-state index in [0.29, 0.717) is 33.5 Å². The van der Waals surface area contributed by atoms with E-state index in [1.807, 2.05) is 0 Å². The molecule has 1 heterocycles. The highest BCUT2D eigenvalue weighted by Crippen LogP contribution is 2.30. The lowest BCUT2D eigenvalue weighted by Crippen LogP contribution is -2.13. The van der Waals surface area contributed by atoms with Gasteiger partial charge in [0.1, 0.15) is 17.1 Å².